The van der Waals surface area contributed by atoms with Crippen LogP contribution in [-0.2, 0) is 6.42 Å². The zero-order valence-electron chi connectivity index (χ0n) is 10.5. The molecule has 3 heteroatoms. The summed E-state index contributed by atoms with van der Waals surface area (Å²) in [7, 11) is 3.26. The third-order valence-corrected chi connectivity index (χ3v) is 3.52. The molecule has 0 heterocycles. The van der Waals surface area contributed by atoms with Crippen molar-refractivity contribution in [2.75, 3.05) is 14.2 Å². The van der Waals surface area contributed by atoms with Crippen LogP contribution in [0.25, 0.3) is 0 Å². The molecule has 0 amide bonds. The fraction of sp³-hybridized carbons (Fsp3) is 0.571. The molecule has 3 nitrogen and oxygen atoms in total. The fourth-order valence-corrected chi connectivity index (χ4v) is 2.58. The van der Waals surface area contributed by atoms with E-state index >= 15 is 0 Å². The van der Waals surface area contributed by atoms with E-state index in [1.54, 1.807) is 14.2 Å². The SMILES string of the molecule is COc1ccc(CC2(O)CCCC2)cc1OC. The molecule has 17 heavy (non-hydrogen) atoms. The van der Waals surface area contributed by atoms with Crippen molar-refractivity contribution in [3.63, 3.8) is 0 Å². The Morgan fingerprint density at radius 1 is 1.12 bits per heavy atom. The molecule has 0 unspecified atom stereocenters. The highest BCUT2D eigenvalue weighted by molar-refractivity contribution is 5.43. The van der Waals surface area contributed by atoms with E-state index in [1.165, 1.54) is 0 Å². The Hall–Kier alpha value is -1.22. The molecule has 94 valence electrons. The predicted octanol–water partition coefficient (Wildman–Crippen LogP) is 2.55. The van der Waals surface area contributed by atoms with Crippen molar-refractivity contribution in [3.8, 4) is 11.5 Å². The highest BCUT2D eigenvalue weighted by atomic mass is 16.5. The third kappa shape index (κ3) is 2.72. The van der Waals surface area contributed by atoms with Gasteiger partial charge in [0.25, 0.3) is 0 Å². The van der Waals surface area contributed by atoms with E-state index in [0.717, 1.165) is 42.7 Å². The van der Waals surface area contributed by atoms with Crippen LogP contribution in [0.2, 0.25) is 0 Å². The smallest absolute Gasteiger partial charge is 0.160 e. The normalized spacial score (nSPS) is 18.1. The number of rotatable bonds is 4. The van der Waals surface area contributed by atoms with Crippen molar-refractivity contribution in [2.45, 2.75) is 37.7 Å². The summed E-state index contributed by atoms with van der Waals surface area (Å²) >= 11 is 0. The predicted molar refractivity (Wildman–Crippen MR) is 66.7 cm³/mol. The van der Waals surface area contributed by atoms with E-state index < -0.39 is 5.60 Å². The van der Waals surface area contributed by atoms with Gasteiger partial charge in [-0.2, -0.15) is 0 Å². The Bertz CT molecular complexity index is 381. The van der Waals surface area contributed by atoms with Gasteiger partial charge >= 0.3 is 0 Å². The minimum absolute atomic E-state index is 0.514. The van der Waals surface area contributed by atoms with Gasteiger partial charge in [0.1, 0.15) is 0 Å². The lowest BCUT2D eigenvalue weighted by Crippen LogP contribution is -2.26. The number of hydrogen-bond acceptors (Lipinski definition) is 3. The molecule has 2 rings (SSSR count). The highest BCUT2D eigenvalue weighted by Gasteiger charge is 2.31. The minimum Gasteiger partial charge on any atom is -0.493 e. The average molecular weight is 236 g/mol. The first kappa shape index (κ1) is 12.2. The molecular weight excluding hydrogens is 216 g/mol. The molecule has 0 aromatic heterocycles. The third-order valence-electron chi connectivity index (χ3n) is 3.52. The van der Waals surface area contributed by atoms with E-state index in [2.05, 4.69) is 0 Å². The summed E-state index contributed by atoms with van der Waals surface area (Å²) in [6.45, 7) is 0. The van der Waals surface area contributed by atoms with Gasteiger partial charge in [-0.15, -0.1) is 0 Å². The van der Waals surface area contributed by atoms with Crippen molar-refractivity contribution in [3.05, 3.63) is 23.8 Å². The Morgan fingerprint density at radius 3 is 2.35 bits per heavy atom. The number of benzene rings is 1. The summed E-state index contributed by atoms with van der Waals surface area (Å²) in [5.41, 5.74) is 0.589. The molecule has 0 atom stereocenters. The van der Waals surface area contributed by atoms with Gasteiger partial charge in [-0.25, -0.2) is 0 Å². The van der Waals surface area contributed by atoms with Crippen LogP contribution < -0.4 is 9.47 Å². The summed E-state index contributed by atoms with van der Waals surface area (Å²) in [5, 5.41) is 10.4. The molecule has 1 aliphatic carbocycles. The number of hydrogen-bond donors (Lipinski definition) is 1. The van der Waals surface area contributed by atoms with Gasteiger partial charge in [0.2, 0.25) is 0 Å². The Morgan fingerprint density at radius 2 is 1.76 bits per heavy atom. The molecule has 1 N–H and O–H groups in total. The summed E-state index contributed by atoms with van der Waals surface area (Å²) in [5.74, 6) is 1.46. The van der Waals surface area contributed by atoms with Gasteiger partial charge in [-0.05, 0) is 30.5 Å². The number of methoxy groups -OCH3 is 2. The van der Waals surface area contributed by atoms with Gasteiger partial charge in [0, 0.05) is 6.42 Å². The highest BCUT2D eigenvalue weighted by Crippen LogP contribution is 2.35. The van der Waals surface area contributed by atoms with Crippen LogP contribution in [-0.4, -0.2) is 24.9 Å². The Labute approximate surface area is 102 Å². The Kier molecular flexibility index (Phi) is 3.57. The van der Waals surface area contributed by atoms with Crippen LogP contribution in [0.15, 0.2) is 18.2 Å². The van der Waals surface area contributed by atoms with Gasteiger partial charge < -0.3 is 14.6 Å². The van der Waals surface area contributed by atoms with Crippen LogP contribution in [0.5, 0.6) is 11.5 Å². The van der Waals surface area contributed by atoms with Crippen molar-refractivity contribution >= 4 is 0 Å². The van der Waals surface area contributed by atoms with E-state index in [-0.39, 0.29) is 0 Å². The lowest BCUT2D eigenvalue weighted by Gasteiger charge is -2.22. The molecule has 0 radical (unpaired) electrons. The van der Waals surface area contributed by atoms with Crippen molar-refractivity contribution in [2.24, 2.45) is 0 Å². The van der Waals surface area contributed by atoms with E-state index in [9.17, 15) is 5.11 Å². The van der Waals surface area contributed by atoms with Gasteiger partial charge in [-0.3, -0.25) is 0 Å². The largest absolute Gasteiger partial charge is 0.493 e. The molecule has 1 fully saturated rings. The minimum atomic E-state index is -0.514. The molecule has 0 saturated heterocycles. The maximum absolute atomic E-state index is 10.4. The first-order valence-corrected chi connectivity index (χ1v) is 6.10. The quantitative estimate of drug-likeness (QED) is 0.873. The van der Waals surface area contributed by atoms with Crippen molar-refractivity contribution < 1.29 is 14.6 Å². The van der Waals surface area contributed by atoms with Crippen LogP contribution in [0.1, 0.15) is 31.2 Å². The first-order chi connectivity index (χ1) is 8.17. The van der Waals surface area contributed by atoms with E-state index in [1.807, 2.05) is 18.2 Å². The van der Waals surface area contributed by atoms with Gasteiger partial charge in [0.05, 0.1) is 19.8 Å². The van der Waals surface area contributed by atoms with Crippen LogP contribution >= 0.6 is 0 Å². The average Bonchev–Trinajstić information content (AvgIpc) is 2.75. The molecule has 1 aromatic rings. The summed E-state index contributed by atoms with van der Waals surface area (Å²) in [4.78, 5) is 0. The summed E-state index contributed by atoms with van der Waals surface area (Å²) < 4.78 is 10.5. The maximum atomic E-state index is 10.4. The molecule has 0 aliphatic heterocycles. The second kappa shape index (κ2) is 4.96. The van der Waals surface area contributed by atoms with Crippen LogP contribution in [0.3, 0.4) is 0 Å². The monoisotopic (exact) mass is 236 g/mol. The Balaban J connectivity index is 2.16. The second-order valence-electron chi connectivity index (χ2n) is 4.80. The molecule has 0 spiro atoms. The standard InChI is InChI=1S/C14H20O3/c1-16-12-6-5-11(9-13(12)17-2)10-14(15)7-3-4-8-14/h5-6,9,15H,3-4,7-8,10H2,1-2H3. The van der Waals surface area contributed by atoms with Crippen LogP contribution in [0, 0.1) is 0 Å². The molecule has 1 aliphatic rings. The topological polar surface area (TPSA) is 38.7 Å². The molecule has 1 aromatic carbocycles. The maximum Gasteiger partial charge on any atom is 0.160 e. The number of ether oxygens (including phenoxy) is 2. The molecular formula is C14H20O3. The zero-order chi connectivity index (χ0) is 12.3. The summed E-state index contributed by atoms with van der Waals surface area (Å²) in [6.07, 6.45) is 4.77. The summed E-state index contributed by atoms with van der Waals surface area (Å²) in [6, 6.07) is 5.85. The zero-order valence-corrected chi connectivity index (χ0v) is 10.5. The molecule has 0 bridgehead atoms. The first-order valence-electron chi connectivity index (χ1n) is 6.10. The van der Waals surface area contributed by atoms with Gasteiger partial charge in [-0.1, -0.05) is 18.9 Å². The van der Waals surface area contributed by atoms with Crippen LogP contribution in [0.4, 0.5) is 0 Å². The lowest BCUT2D eigenvalue weighted by atomic mass is 9.93. The van der Waals surface area contributed by atoms with Gasteiger partial charge in [0.15, 0.2) is 11.5 Å². The van der Waals surface area contributed by atoms with E-state index in [4.69, 9.17) is 9.47 Å². The van der Waals surface area contributed by atoms with Crippen molar-refractivity contribution in [1.29, 1.82) is 0 Å². The second-order valence-corrected chi connectivity index (χ2v) is 4.80. The lowest BCUT2D eigenvalue weighted by molar-refractivity contribution is 0.0481. The van der Waals surface area contributed by atoms with Crippen molar-refractivity contribution in [1.82, 2.24) is 0 Å². The molecule has 1 saturated carbocycles. The fourth-order valence-electron chi connectivity index (χ4n) is 2.58. The number of aliphatic hydroxyl groups is 1. The van der Waals surface area contributed by atoms with E-state index in [0.29, 0.717) is 6.42 Å².